The zero-order valence-corrected chi connectivity index (χ0v) is 16.9. The van der Waals surface area contributed by atoms with Crippen molar-refractivity contribution in [2.75, 3.05) is 0 Å². The normalized spacial score (nSPS) is 14.4. The molecule has 2 aromatic heterocycles. The quantitative estimate of drug-likeness (QED) is 0.606. The van der Waals surface area contributed by atoms with Gasteiger partial charge in [-0.3, -0.25) is 9.78 Å². The summed E-state index contributed by atoms with van der Waals surface area (Å²) in [5.74, 6) is 1.67. The van der Waals surface area contributed by atoms with Crippen LogP contribution in [0.5, 0.6) is 5.75 Å². The summed E-state index contributed by atoms with van der Waals surface area (Å²) >= 11 is 0. The minimum atomic E-state index is -0.0637. The third-order valence-corrected chi connectivity index (χ3v) is 5.17. The number of nitrogens with one attached hydrogen (secondary N) is 1. The zero-order valence-electron chi connectivity index (χ0n) is 16.9. The van der Waals surface area contributed by atoms with Gasteiger partial charge < -0.3 is 14.6 Å². The van der Waals surface area contributed by atoms with Crippen LogP contribution in [-0.2, 0) is 17.8 Å². The van der Waals surface area contributed by atoms with Crippen LogP contribution in [0.1, 0.15) is 50.0 Å². The highest BCUT2D eigenvalue weighted by molar-refractivity contribution is 5.76. The summed E-state index contributed by atoms with van der Waals surface area (Å²) in [6.07, 6.45) is 8.69. The molecule has 156 valence electrons. The van der Waals surface area contributed by atoms with E-state index in [1.807, 2.05) is 42.5 Å². The van der Waals surface area contributed by atoms with Crippen LogP contribution >= 0.6 is 0 Å². The summed E-state index contributed by atoms with van der Waals surface area (Å²) in [5, 5.41) is 6.86. The maximum atomic E-state index is 12.2. The molecule has 0 radical (unpaired) electrons. The lowest BCUT2D eigenvalue weighted by Crippen LogP contribution is -2.23. The molecular formula is C23H26N4O3. The van der Waals surface area contributed by atoms with Gasteiger partial charge >= 0.3 is 0 Å². The second kappa shape index (κ2) is 10.0. The van der Waals surface area contributed by atoms with Crippen molar-refractivity contribution >= 4 is 5.91 Å². The molecule has 0 unspecified atom stereocenters. The Bertz CT molecular complexity index is 952. The molecule has 30 heavy (non-hydrogen) atoms. The number of carbonyl (C=O) groups excluding carboxylic acids is 1. The maximum Gasteiger partial charge on any atom is 0.227 e. The van der Waals surface area contributed by atoms with E-state index in [-0.39, 0.29) is 12.3 Å². The number of carbonyl (C=O) groups is 1. The highest BCUT2D eigenvalue weighted by Gasteiger charge is 2.15. The van der Waals surface area contributed by atoms with Gasteiger partial charge in [-0.25, -0.2) is 0 Å². The third kappa shape index (κ3) is 5.65. The Balaban J connectivity index is 1.23. The average Bonchev–Trinajstić information content (AvgIpc) is 3.27. The number of amides is 1. The third-order valence-electron chi connectivity index (χ3n) is 5.17. The molecule has 7 nitrogen and oxygen atoms in total. The van der Waals surface area contributed by atoms with Crippen LogP contribution < -0.4 is 10.1 Å². The van der Waals surface area contributed by atoms with Gasteiger partial charge in [0.05, 0.1) is 6.10 Å². The minimum Gasteiger partial charge on any atom is -0.490 e. The first kappa shape index (κ1) is 20.1. The van der Waals surface area contributed by atoms with E-state index < -0.39 is 0 Å². The molecule has 0 bridgehead atoms. The minimum absolute atomic E-state index is 0.0637. The van der Waals surface area contributed by atoms with Crippen LogP contribution in [0.25, 0.3) is 11.5 Å². The fourth-order valence-corrected chi connectivity index (χ4v) is 3.57. The van der Waals surface area contributed by atoms with E-state index >= 15 is 0 Å². The molecule has 3 aromatic rings. The second-order valence-corrected chi connectivity index (χ2v) is 7.53. The topological polar surface area (TPSA) is 90.1 Å². The van der Waals surface area contributed by atoms with Crippen LogP contribution in [0.3, 0.4) is 0 Å². The Morgan fingerprint density at radius 2 is 2.03 bits per heavy atom. The summed E-state index contributed by atoms with van der Waals surface area (Å²) in [4.78, 5) is 20.7. The van der Waals surface area contributed by atoms with Crippen molar-refractivity contribution in [2.45, 2.75) is 57.6 Å². The van der Waals surface area contributed by atoms with Crippen molar-refractivity contribution in [3.05, 3.63) is 60.1 Å². The van der Waals surface area contributed by atoms with Crippen molar-refractivity contribution in [3.8, 4) is 17.3 Å². The molecule has 2 heterocycles. The number of hydrogen-bond acceptors (Lipinski definition) is 6. The smallest absolute Gasteiger partial charge is 0.227 e. The number of hydrogen-bond donors (Lipinski definition) is 1. The Hall–Kier alpha value is -3.22. The number of benzene rings is 1. The number of ether oxygens (including phenoxy) is 1. The summed E-state index contributed by atoms with van der Waals surface area (Å²) in [6, 6.07) is 13.4. The van der Waals surface area contributed by atoms with Gasteiger partial charge in [0.2, 0.25) is 17.6 Å². The predicted molar refractivity (Wildman–Crippen MR) is 112 cm³/mol. The lowest BCUT2D eigenvalue weighted by Gasteiger charge is -2.23. The monoisotopic (exact) mass is 406 g/mol. The molecule has 1 aliphatic carbocycles. The Kier molecular flexibility index (Phi) is 6.69. The van der Waals surface area contributed by atoms with Crippen molar-refractivity contribution in [3.63, 3.8) is 0 Å². The Labute approximate surface area is 175 Å². The SMILES string of the molecule is O=C(CCc1nc(-c2ccccn2)no1)NCc1cccc(OC2CCCCC2)c1. The molecular weight excluding hydrogens is 380 g/mol. The summed E-state index contributed by atoms with van der Waals surface area (Å²) < 4.78 is 11.3. The maximum absolute atomic E-state index is 12.2. The van der Waals surface area contributed by atoms with Crippen molar-refractivity contribution < 1.29 is 14.1 Å². The van der Waals surface area contributed by atoms with E-state index in [9.17, 15) is 4.79 Å². The van der Waals surface area contributed by atoms with Crippen LogP contribution in [0.4, 0.5) is 0 Å². The van der Waals surface area contributed by atoms with Gasteiger partial charge in [-0.1, -0.05) is 29.8 Å². The van der Waals surface area contributed by atoms with Gasteiger partial charge in [0.15, 0.2) is 0 Å². The highest BCUT2D eigenvalue weighted by Crippen LogP contribution is 2.24. The fourth-order valence-electron chi connectivity index (χ4n) is 3.57. The number of nitrogens with zero attached hydrogens (tertiary/aromatic N) is 3. The van der Waals surface area contributed by atoms with Gasteiger partial charge in [-0.2, -0.15) is 4.98 Å². The molecule has 7 heteroatoms. The number of aromatic nitrogens is 3. The van der Waals surface area contributed by atoms with E-state index in [4.69, 9.17) is 9.26 Å². The van der Waals surface area contributed by atoms with Gasteiger partial charge in [0, 0.05) is 25.6 Å². The predicted octanol–water partition coefficient (Wildman–Crippen LogP) is 4.09. The lowest BCUT2D eigenvalue weighted by molar-refractivity contribution is -0.121. The highest BCUT2D eigenvalue weighted by atomic mass is 16.5. The van der Waals surface area contributed by atoms with Crippen LogP contribution in [-0.4, -0.2) is 27.1 Å². The Morgan fingerprint density at radius 3 is 2.87 bits per heavy atom. The molecule has 0 aliphatic heterocycles. The van der Waals surface area contributed by atoms with Crippen LogP contribution in [0, 0.1) is 0 Å². The van der Waals surface area contributed by atoms with Crippen LogP contribution in [0.15, 0.2) is 53.2 Å². The number of rotatable bonds is 8. The second-order valence-electron chi connectivity index (χ2n) is 7.53. The fraction of sp³-hybridized carbons (Fsp3) is 0.391. The molecule has 1 saturated carbocycles. The van der Waals surface area contributed by atoms with Crippen molar-refractivity contribution in [1.29, 1.82) is 0 Å². The molecule has 1 aromatic carbocycles. The number of aryl methyl sites for hydroxylation is 1. The number of pyridine rings is 1. The summed E-state index contributed by atoms with van der Waals surface area (Å²) in [7, 11) is 0. The molecule has 0 spiro atoms. The molecule has 0 saturated heterocycles. The largest absolute Gasteiger partial charge is 0.490 e. The molecule has 4 rings (SSSR count). The van der Waals surface area contributed by atoms with Gasteiger partial charge in [-0.05, 0) is 55.5 Å². The summed E-state index contributed by atoms with van der Waals surface area (Å²) in [6.45, 7) is 0.462. The summed E-state index contributed by atoms with van der Waals surface area (Å²) in [5.41, 5.74) is 1.67. The van der Waals surface area contributed by atoms with Crippen molar-refractivity contribution in [1.82, 2.24) is 20.4 Å². The van der Waals surface area contributed by atoms with Crippen molar-refractivity contribution in [2.24, 2.45) is 0 Å². The standard InChI is InChI=1S/C23H26N4O3/c28-21(12-13-22-26-23(27-30-22)20-11-4-5-14-24-20)25-16-17-7-6-10-19(15-17)29-18-8-2-1-3-9-18/h4-7,10-11,14-15,18H,1-3,8-9,12-13,16H2,(H,25,28). The average molecular weight is 406 g/mol. The first-order chi connectivity index (χ1) is 14.8. The molecule has 0 atom stereocenters. The first-order valence-corrected chi connectivity index (χ1v) is 10.5. The van der Waals surface area contributed by atoms with E-state index in [1.54, 1.807) is 6.20 Å². The van der Waals surface area contributed by atoms with Crippen LogP contribution in [0.2, 0.25) is 0 Å². The van der Waals surface area contributed by atoms with E-state index in [0.717, 1.165) is 24.2 Å². The van der Waals surface area contributed by atoms with E-state index in [1.165, 1.54) is 19.3 Å². The Morgan fingerprint density at radius 1 is 1.13 bits per heavy atom. The van der Waals surface area contributed by atoms with Gasteiger partial charge in [0.25, 0.3) is 0 Å². The van der Waals surface area contributed by atoms with Gasteiger partial charge in [0.1, 0.15) is 11.4 Å². The lowest BCUT2D eigenvalue weighted by atomic mass is 9.98. The first-order valence-electron chi connectivity index (χ1n) is 10.5. The molecule has 1 aliphatic rings. The van der Waals surface area contributed by atoms with Gasteiger partial charge in [-0.15, -0.1) is 0 Å². The molecule has 1 amide bonds. The molecule has 1 N–H and O–H groups in total. The zero-order chi connectivity index (χ0) is 20.6. The van der Waals surface area contributed by atoms with E-state index in [0.29, 0.717) is 36.5 Å². The van der Waals surface area contributed by atoms with E-state index in [2.05, 4.69) is 20.4 Å². The molecule has 1 fully saturated rings.